The van der Waals surface area contributed by atoms with Crippen LogP contribution in [0.2, 0.25) is 0 Å². The van der Waals surface area contributed by atoms with E-state index in [9.17, 15) is 0 Å². The molecule has 0 spiro atoms. The van der Waals surface area contributed by atoms with Crippen molar-refractivity contribution in [1.29, 1.82) is 0 Å². The Morgan fingerprint density at radius 3 is 2.05 bits per heavy atom. The topological polar surface area (TPSA) is 12.5 Å². The van der Waals surface area contributed by atoms with Gasteiger partial charge < -0.3 is 4.84 Å². The van der Waals surface area contributed by atoms with Gasteiger partial charge in [0.05, 0.1) is 5.69 Å². The number of hydroxylamine groups is 1. The maximum atomic E-state index is 6.09. The standard InChI is InChI=1S/C19H15NO/c1-3-9-15(10-4-1)19-17-13-7-8-14-18(17)21-20(19)16-11-5-2-6-12-16/h1-14,19H. The fourth-order valence-electron chi connectivity index (χ4n) is 2.80. The van der Waals surface area contributed by atoms with E-state index in [2.05, 4.69) is 48.5 Å². The number of anilines is 1. The Kier molecular flexibility index (Phi) is 2.86. The van der Waals surface area contributed by atoms with E-state index >= 15 is 0 Å². The minimum Gasteiger partial charge on any atom is -0.378 e. The number of nitrogens with zero attached hydrogens (tertiary/aromatic N) is 1. The molecule has 1 aliphatic heterocycles. The van der Waals surface area contributed by atoms with E-state index in [1.54, 1.807) is 0 Å². The maximum Gasteiger partial charge on any atom is 0.161 e. The second-order valence-corrected chi connectivity index (χ2v) is 5.10. The zero-order chi connectivity index (χ0) is 14.1. The maximum absolute atomic E-state index is 6.09. The Balaban J connectivity index is 1.85. The fraction of sp³-hybridized carbons (Fsp3) is 0.0526. The lowest BCUT2D eigenvalue weighted by Crippen LogP contribution is -2.26. The van der Waals surface area contributed by atoms with Gasteiger partial charge in [0.1, 0.15) is 6.04 Å². The second kappa shape index (κ2) is 4.98. The molecule has 0 fully saturated rings. The van der Waals surface area contributed by atoms with Crippen molar-refractivity contribution in [2.45, 2.75) is 6.04 Å². The molecule has 3 aromatic rings. The Morgan fingerprint density at radius 1 is 0.667 bits per heavy atom. The van der Waals surface area contributed by atoms with Crippen molar-refractivity contribution in [3.63, 3.8) is 0 Å². The van der Waals surface area contributed by atoms with Gasteiger partial charge in [-0.3, -0.25) is 0 Å². The van der Waals surface area contributed by atoms with Crippen molar-refractivity contribution in [3.8, 4) is 5.75 Å². The summed E-state index contributed by atoms with van der Waals surface area (Å²) in [4.78, 5) is 6.09. The molecule has 21 heavy (non-hydrogen) atoms. The van der Waals surface area contributed by atoms with E-state index in [1.807, 2.05) is 41.5 Å². The number of hydrogen-bond donors (Lipinski definition) is 0. The lowest BCUT2D eigenvalue weighted by molar-refractivity contribution is 0.293. The lowest BCUT2D eigenvalue weighted by atomic mass is 9.98. The van der Waals surface area contributed by atoms with Gasteiger partial charge in [0, 0.05) is 5.56 Å². The van der Waals surface area contributed by atoms with Gasteiger partial charge in [-0.05, 0) is 23.8 Å². The Bertz CT molecular complexity index is 740. The molecule has 0 saturated heterocycles. The molecule has 102 valence electrons. The van der Waals surface area contributed by atoms with Crippen molar-refractivity contribution >= 4 is 5.69 Å². The molecule has 0 amide bonds. The van der Waals surface area contributed by atoms with E-state index in [4.69, 9.17) is 4.84 Å². The van der Waals surface area contributed by atoms with E-state index in [0.29, 0.717) is 0 Å². The van der Waals surface area contributed by atoms with E-state index in [1.165, 1.54) is 11.1 Å². The van der Waals surface area contributed by atoms with Crippen LogP contribution in [0.3, 0.4) is 0 Å². The summed E-state index contributed by atoms with van der Waals surface area (Å²) in [7, 11) is 0. The predicted molar refractivity (Wildman–Crippen MR) is 84.3 cm³/mol. The number of hydrogen-bond acceptors (Lipinski definition) is 2. The highest BCUT2D eigenvalue weighted by molar-refractivity contribution is 5.57. The number of para-hydroxylation sites is 2. The molecule has 0 N–H and O–H groups in total. The Labute approximate surface area is 124 Å². The highest BCUT2D eigenvalue weighted by atomic mass is 16.7. The molecule has 1 atom stereocenters. The highest BCUT2D eigenvalue weighted by Crippen LogP contribution is 2.43. The van der Waals surface area contributed by atoms with E-state index in [-0.39, 0.29) is 6.04 Å². The minimum atomic E-state index is 0.0878. The molecule has 0 saturated carbocycles. The first-order valence-corrected chi connectivity index (χ1v) is 7.09. The molecule has 2 nitrogen and oxygen atoms in total. The van der Waals surface area contributed by atoms with Crippen LogP contribution < -0.4 is 9.90 Å². The predicted octanol–water partition coefficient (Wildman–Crippen LogP) is 4.59. The van der Waals surface area contributed by atoms with Crippen molar-refractivity contribution in [2.75, 3.05) is 5.06 Å². The summed E-state index contributed by atoms with van der Waals surface area (Å²) < 4.78 is 0. The van der Waals surface area contributed by atoms with Crippen LogP contribution in [0.4, 0.5) is 5.69 Å². The monoisotopic (exact) mass is 273 g/mol. The van der Waals surface area contributed by atoms with Gasteiger partial charge in [-0.15, -0.1) is 0 Å². The summed E-state index contributed by atoms with van der Waals surface area (Å²) >= 11 is 0. The van der Waals surface area contributed by atoms with Gasteiger partial charge >= 0.3 is 0 Å². The van der Waals surface area contributed by atoms with Crippen LogP contribution in [0.5, 0.6) is 5.75 Å². The molecule has 4 rings (SSSR count). The molecule has 0 bridgehead atoms. The van der Waals surface area contributed by atoms with E-state index in [0.717, 1.165) is 11.4 Å². The number of benzene rings is 3. The average Bonchev–Trinajstić information content (AvgIpc) is 2.96. The van der Waals surface area contributed by atoms with Crippen LogP contribution in [0.15, 0.2) is 84.9 Å². The second-order valence-electron chi connectivity index (χ2n) is 5.10. The SMILES string of the molecule is c1ccc(C2c3ccccc3ON2c2ccccc2)cc1. The molecule has 1 heterocycles. The van der Waals surface area contributed by atoms with Gasteiger partial charge in [0.15, 0.2) is 5.75 Å². The van der Waals surface area contributed by atoms with Crippen molar-refractivity contribution < 1.29 is 4.84 Å². The Hall–Kier alpha value is -2.74. The van der Waals surface area contributed by atoms with Gasteiger partial charge in [0.2, 0.25) is 0 Å². The summed E-state index contributed by atoms with van der Waals surface area (Å²) in [5.74, 6) is 0.926. The quantitative estimate of drug-likeness (QED) is 0.677. The molecular weight excluding hydrogens is 258 g/mol. The molecule has 0 aromatic heterocycles. The van der Waals surface area contributed by atoms with Crippen molar-refractivity contribution in [2.24, 2.45) is 0 Å². The van der Waals surface area contributed by atoms with E-state index < -0.39 is 0 Å². The third-order valence-corrected chi connectivity index (χ3v) is 3.77. The lowest BCUT2D eigenvalue weighted by Gasteiger charge is -2.25. The third kappa shape index (κ3) is 2.05. The first kappa shape index (κ1) is 12.0. The molecule has 1 unspecified atom stereocenters. The highest BCUT2D eigenvalue weighted by Gasteiger charge is 2.33. The van der Waals surface area contributed by atoms with Crippen LogP contribution in [0.25, 0.3) is 0 Å². The van der Waals surface area contributed by atoms with Gasteiger partial charge in [-0.25, -0.2) is 0 Å². The minimum absolute atomic E-state index is 0.0878. The Morgan fingerprint density at radius 2 is 1.29 bits per heavy atom. The van der Waals surface area contributed by atoms with Crippen LogP contribution in [-0.2, 0) is 0 Å². The first-order chi connectivity index (χ1) is 10.4. The van der Waals surface area contributed by atoms with Crippen molar-refractivity contribution in [1.82, 2.24) is 0 Å². The third-order valence-electron chi connectivity index (χ3n) is 3.77. The summed E-state index contributed by atoms with van der Waals surface area (Å²) in [5, 5.41) is 1.99. The zero-order valence-corrected chi connectivity index (χ0v) is 11.5. The molecular formula is C19H15NO. The molecule has 2 heteroatoms. The molecule has 3 aromatic carbocycles. The summed E-state index contributed by atoms with van der Waals surface area (Å²) in [6.07, 6.45) is 0. The van der Waals surface area contributed by atoms with Crippen LogP contribution >= 0.6 is 0 Å². The normalized spacial score (nSPS) is 16.4. The average molecular weight is 273 g/mol. The number of rotatable bonds is 2. The van der Waals surface area contributed by atoms with Gasteiger partial charge in [0.25, 0.3) is 0 Å². The first-order valence-electron chi connectivity index (χ1n) is 7.09. The largest absolute Gasteiger partial charge is 0.378 e. The summed E-state index contributed by atoms with van der Waals surface area (Å²) in [6.45, 7) is 0. The molecule has 1 aliphatic rings. The molecule has 0 radical (unpaired) electrons. The summed E-state index contributed by atoms with van der Waals surface area (Å²) in [6, 6.07) is 29.0. The van der Waals surface area contributed by atoms with Gasteiger partial charge in [-0.1, -0.05) is 66.7 Å². The smallest absolute Gasteiger partial charge is 0.161 e. The van der Waals surface area contributed by atoms with Crippen LogP contribution in [0.1, 0.15) is 17.2 Å². The summed E-state index contributed by atoms with van der Waals surface area (Å²) in [5.41, 5.74) is 3.49. The van der Waals surface area contributed by atoms with Gasteiger partial charge in [-0.2, -0.15) is 5.06 Å². The van der Waals surface area contributed by atoms with Crippen LogP contribution in [0, 0.1) is 0 Å². The zero-order valence-electron chi connectivity index (χ0n) is 11.5. The number of fused-ring (bicyclic) bond motifs is 1. The molecule has 0 aliphatic carbocycles. The van der Waals surface area contributed by atoms with Crippen LogP contribution in [-0.4, -0.2) is 0 Å². The fourth-order valence-corrected chi connectivity index (χ4v) is 2.80. The van der Waals surface area contributed by atoms with Crippen molar-refractivity contribution in [3.05, 3.63) is 96.1 Å².